The predicted octanol–water partition coefficient (Wildman–Crippen LogP) is 1.04. The maximum atomic E-state index is 12.3. The Morgan fingerprint density at radius 3 is 2.86 bits per heavy atom. The van der Waals surface area contributed by atoms with Crippen LogP contribution < -0.4 is 26.1 Å². The van der Waals surface area contributed by atoms with E-state index in [4.69, 9.17) is 19.6 Å². The van der Waals surface area contributed by atoms with Crippen molar-refractivity contribution in [2.24, 2.45) is 0 Å². The van der Waals surface area contributed by atoms with Gasteiger partial charge in [0.2, 0.25) is 5.91 Å². The Kier molecular flexibility index (Phi) is 4.71. The highest BCUT2D eigenvalue weighted by Gasteiger charge is 2.21. The molecule has 0 unspecified atom stereocenters. The van der Waals surface area contributed by atoms with Crippen molar-refractivity contribution in [3.05, 3.63) is 59.1 Å². The van der Waals surface area contributed by atoms with Crippen LogP contribution >= 0.6 is 0 Å². The van der Waals surface area contributed by atoms with Gasteiger partial charge in [0, 0.05) is 0 Å². The molecule has 144 valence electrons. The average Bonchev–Trinajstić information content (AvgIpc) is 3.24. The molecule has 0 saturated carbocycles. The van der Waals surface area contributed by atoms with Crippen LogP contribution in [0.4, 0.5) is 5.69 Å². The van der Waals surface area contributed by atoms with Crippen LogP contribution in [0.25, 0.3) is 11.5 Å². The van der Waals surface area contributed by atoms with E-state index < -0.39 is 11.5 Å². The van der Waals surface area contributed by atoms with Crippen molar-refractivity contribution in [2.75, 3.05) is 18.9 Å². The molecule has 28 heavy (non-hydrogen) atoms. The molecule has 0 fully saturated rings. The normalized spacial score (nSPS) is 15.2. The molecule has 4 rings (SSSR count). The van der Waals surface area contributed by atoms with E-state index in [9.17, 15) is 9.59 Å². The van der Waals surface area contributed by atoms with Gasteiger partial charge >= 0.3 is 0 Å². The van der Waals surface area contributed by atoms with E-state index in [2.05, 4.69) is 10.4 Å². The van der Waals surface area contributed by atoms with E-state index in [1.165, 1.54) is 12.3 Å². The summed E-state index contributed by atoms with van der Waals surface area (Å²) in [5.41, 5.74) is 5.56. The van der Waals surface area contributed by atoms with Gasteiger partial charge in [0.25, 0.3) is 5.56 Å². The summed E-state index contributed by atoms with van der Waals surface area (Å²) in [4.78, 5) is 24.5. The molecule has 1 aliphatic rings. The summed E-state index contributed by atoms with van der Waals surface area (Å²) >= 11 is 0. The van der Waals surface area contributed by atoms with E-state index in [0.717, 1.165) is 4.68 Å². The van der Waals surface area contributed by atoms with Gasteiger partial charge in [-0.15, -0.1) is 0 Å². The molecule has 9 heteroatoms. The first-order valence-corrected chi connectivity index (χ1v) is 8.67. The smallest absolute Gasteiger partial charge is 0.290 e. The summed E-state index contributed by atoms with van der Waals surface area (Å²) in [6.45, 7) is 0.271. The van der Waals surface area contributed by atoms with Gasteiger partial charge in [0.1, 0.15) is 30.6 Å². The number of furan rings is 1. The highest BCUT2D eigenvalue weighted by Crippen LogP contribution is 2.30. The highest BCUT2D eigenvalue weighted by molar-refractivity contribution is 5.75. The number of hydrogen-bond donors (Lipinski definition) is 2. The van der Waals surface area contributed by atoms with Gasteiger partial charge in [0.05, 0.1) is 12.8 Å². The predicted molar refractivity (Wildman–Crippen MR) is 100.0 cm³/mol. The highest BCUT2D eigenvalue weighted by atomic mass is 16.6. The summed E-state index contributed by atoms with van der Waals surface area (Å²) in [5.74, 6) is 1.36. The number of nitrogens with zero attached hydrogens (tertiary/aromatic N) is 2. The lowest BCUT2D eigenvalue weighted by atomic mass is 10.2. The van der Waals surface area contributed by atoms with Gasteiger partial charge in [0.15, 0.2) is 17.3 Å². The van der Waals surface area contributed by atoms with Crippen LogP contribution in [-0.4, -0.2) is 34.9 Å². The van der Waals surface area contributed by atoms with Crippen LogP contribution in [0.1, 0.15) is 0 Å². The number of nitrogens with one attached hydrogen (secondary N) is 1. The van der Waals surface area contributed by atoms with Crippen LogP contribution in [0.15, 0.2) is 57.9 Å². The topological polar surface area (TPSA) is 122 Å². The number of ether oxygens (including phenoxy) is 2. The molecule has 1 aromatic carbocycles. The van der Waals surface area contributed by atoms with E-state index in [1.807, 2.05) is 18.2 Å². The molecule has 1 aliphatic heterocycles. The number of carbonyl (C=O) groups excluding carboxylic acids is 1. The lowest BCUT2D eigenvalue weighted by molar-refractivity contribution is -0.122. The largest absolute Gasteiger partial charge is 0.486 e. The van der Waals surface area contributed by atoms with Gasteiger partial charge < -0.3 is 24.9 Å². The van der Waals surface area contributed by atoms with Crippen molar-refractivity contribution in [1.82, 2.24) is 15.1 Å². The second kappa shape index (κ2) is 7.47. The average molecular weight is 382 g/mol. The van der Waals surface area contributed by atoms with Gasteiger partial charge in [-0.1, -0.05) is 12.1 Å². The zero-order valence-electron chi connectivity index (χ0n) is 14.8. The second-order valence-corrected chi connectivity index (χ2v) is 6.23. The third kappa shape index (κ3) is 3.68. The van der Waals surface area contributed by atoms with E-state index in [-0.39, 0.29) is 24.9 Å². The zero-order valence-corrected chi connectivity index (χ0v) is 14.8. The molecule has 0 aliphatic carbocycles. The van der Waals surface area contributed by atoms with Gasteiger partial charge in [-0.2, -0.15) is 5.10 Å². The molecular formula is C19H18N4O5. The first-order valence-electron chi connectivity index (χ1n) is 8.67. The Morgan fingerprint density at radius 1 is 1.25 bits per heavy atom. The fourth-order valence-electron chi connectivity index (χ4n) is 2.80. The van der Waals surface area contributed by atoms with E-state index >= 15 is 0 Å². The standard InChI is InChI=1S/C19H18N4O5/c20-13-8-14(15-6-3-7-26-15)22-23(19(13)25)10-18(24)21-9-12-11-27-16-4-1-2-5-17(16)28-12/h1-8,12H,9-11,20H2,(H,21,24)/t12-/m0/s1. The van der Waals surface area contributed by atoms with Crippen molar-refractivity contribution < 1.29 is 18.7 Å². The number of fused-ring (bicyclic) bond motifs is 1. The molecule has 1 amide bonds. The molecule has 2 aromatic heterocycles. The Bertz CT molecular complexity index is 1040. The summed E-state index contributed by atoms with van der Waals surface area (Å²) < 4.78 is 17.7. The number of benzene rings is 1. The van der Waals surface area contributed by atoms with Gasteiger partial charge in [-0.3, -0.25) is 9.59 Å². The van der Waals surface area contributed by atoms with Crippen molar-refractivity contribution in [3.63, 3.8) is 0 Å². The number of nitrogen functional groups attached to an aromatic ring is 1. The molecule has 0 radical (unpaired) electrons. The third-order valence-corrected chi connectivity index (χ3v) is 4.16. The molecule has 0 saturated heterocycles. The fraction of sp³-hybridized carbons (Fsp3) is 0.211. The van der Waals surface area contributed by atoms with Crippen LogP contribution in [0.2, 0.25) is 0 Å². The summed E-state index contributed by atoms with van der Waals surface area (Å²) in [6.07, 6.45) is 1.16. The molecule has 3 N–H and O–H groups in total. The molecular weight excluding hydrogens is 364 g/mol. The minimum absolute atomic E-state index is 0.0187. The minimum atomic E-state index is -0.545. The zero-order chi connectivity index (χ0) is 19.5. The second-order valence-electron chi connectivity index (χ2n) is 6.23. The maximum absolute atomic E-state index is 12.3. The lowest BCUT2D eigenvalue weighted by Crippen LogP contribution is -2.43. The SMILES string of the molecule is Nc1cc(-c2ccco2)nn(CC(=O)NC[C@H]2COc3ccccc3O2)c1=O. The van der Waals surface area contributed by atoms with Crippen molar-refractivity contribution in [2.45, 2.75) is 12.6 Å². The van der Waals surface area contributed by atoms with E-state index in [1.54, 1.807) is 18.2 Å². The van der Waals surface area contributed by atoms with Crippen molar-refractivity contribution in [3.8, 4) is 23.0 Å². The number of nitrogens with two attached hydrogens (primary N) is 1. The van der Waals surface area contributed by atoms with Gasteiger partial charge in [-0.05, 0) is 30.3 Å². The first-order chi connectivity index (χ1) is 13.6. The number of carbonyl (C=O) groups is 1. The summed E-state index contributed by atoms with van der Waals surface area (Å²) in [5, 5.41) is 6.88. The van der Waals surface area contributed by atoms with Crippen LogP contribution in [0, 0.1) is 0 Å². The van der Waals surface area contributed by atoms with Crippen LogP contribution in [0.5, 0.6) is 11.5 Å². The summed E-state index contributed by atoms with van der Waals surface area (Å²) in [7, 11) is 0. The van der Waals surface area contributed by atoms with Gasteiger partial charge in [-0.25, -0.2) is 4.68 Å². The van der Waals surface area contributed by atoms with Crippen molar-refractivity contribution >= 4 is 11.6 Å². The minimum Gasteiger partial charge on any atom is -0.486 e. The molecule has 3 heterocycles. The molecule has 1 atom stereocenters. The van der Waals surface area contributed by atoms with Crippen LogP contribution in [0.3, 0.4) is 0 Å². The lowest BCUT2D eigenvalue weighted by Gasteiger charge is -2.26. The Balaban J connectivity index is 1.40. The Labute approximate surface area is 159 Å². The number of para-hydroxylation sites is 2. The third-order valence-electron chi connectivity index (χ3n) is 4.16. The molecule has 0 spiro atoms. The monoisotopic (exact) mass is 382 g/mol. The molecule has 3 aromatic rings. The Hall–Kier alpha value is -3.75. The number of rotatable bonds is 5. The number of hydrogen-bond acceptors (Lipinski definition) is 7. The molecule has 0 bridgehead atoms. The van der Waals surface area contributed by atoms with E-state index in [0.29, 0.717) is 29.6 Å². The maximum Gasteiger partial charge on any atom is 0.290 e. The van der Waals surface area contributed by atoms with Crippen molar-refractivity contribution in [1.29, 1.82) is 0 Å². The first kappa shape index (κ1) is 17.7. The Morgan fingerprint density at radius 2 is 2.07 bits per heavy atom. The quantitative estimate of drug-likeness (QED) is 0.676. The summed E-state index contributed by atoms with van der Waals surface area (Å²) in [6, 6.07) is 12.1. The number of amides is 1. The number of anilines is 1. The van der Waals surface area contributed by atoms with Crippen LogP contribution in [-0.2, 0) is 11.3 Å². The number of aromatic nitrogens is 2. The fourth-order valence-corrected chi connectivity index (χ4v) is 2.80. The molecule has 9 nitrogen and oxygen atoms in total.